The lowest BCUT2D eigenvalue weighted by molar-refractivity contribution is 0.0469. The van der Waals surface area contributed by atoms with Gasteiger partial charge in [0, 0.05) is 25.2 Å². The number of halogens is 1. The zero-order valence-electron chi connectivity index (χ0n) is 11.3. The maximum Gasteiger partial charge on any atom is 0.276 e. The zero-order valence-corrected chi connectivity index (χ0v) is 11.3. The van der Waals surface area contributed by atoms with Crippen LogP contribution in [0.1, 0.15) is 16.9 Å². The number of piperazine rings is 1. The van der Waals surface area contributed by atoms with E-state index in [1.54, 1.807) is 23.1 Å². The maximum absolute atomic E-state index is 13.9. The quantitative estimate of drug-likeness (QED) is 0.912. The van der Waals surface area contributed by atoms with Gasteiger partial charge in [-0.3, -0.25) is 4.79 Å². The molecule has 1 amide bonds. The average molecular weight is 287 g/mol. The van der Waals surface area contributed by atoms with Crippen molar-refractivity contribution >= 4 is 5.91 Å². The van der Waals surface area contributed by atoms with Crippen molar-refractivity contribution in [2.75, 3.05) is 13.1 Å². The SMILES string of the molecule is O=C(c1ncoc1-c1ccccc1F)N1CC2CC(C1)N2. The van der Waals surface area contributed by atoms with E-state index >= 15 is 0 Å². The Morgan fingerprint density at radius 1 is 1.33 bits per heavy atom. The van der Waals surface area contributed by atoms with Crippen LogP contribution < -0.4 is 5.32 Å². The van der Waals surface area contributed by atoms with E-state index in [0.717, 1.165) is 6.42 Å². The summed E-state index contributed by atoms with van der Waals surface area (Å²) in [5.74, 6) is -0.421. The van der Waals surface area contributed by atoms with E-state index in [1.807, 2.05) is 0 Å². The van der Waals surface area contributed by atoms with Crippen LogP contribution in [0.15, 0.2) is 35.1 Å². The van der Waals surface area contributed by atoms with Crippen LogP contribution in [0.25, 0.3) is 11.3 Å². The molecule has 0 saturated carbocycles. The van der Waals surface area contributed by atoms with E-state index in [9.17, 15) is 9.18 Å². The molecule has 6 heteroatoms. The molecule has 3 aliphatic heterocycles. The summed E-state index contributed by atoms with van der Waals surface area (Å²) < 4.78 is 19.2. The van der Waals surface area contributed by atoms with Gasteiger partial charge in [0.25, 0.3) is 5.91 Å². The minimum Gasteiger partial charge on any atom is -0.443 e. The fraction of sp³-hybridized carbons (Fsp3) is 0.333. The highest BCUT2D eigenvalue weighted by Crippen LogP contribution is 2.28. The molecule has 2 aromatic rings. The summed E-state index contributed by atoms with van der Waals surface area (Å²) in [7, 11) is 0. The van der Waals surface area contributed by atoms with Crippen molar-refractivity contribution in [2.45, 2.75) is 18.5 Å². The summed E-state index contributed by atoms with van der Waals surface area (Å²) >= 11 is 0. The first kappa shape index (κ1) is 12.5. The lowest BCUT2D eigenvalue weighted by atomic mass is 9.91. The van der Waals surface area contributed by atoms with Crippen molar-refractivity contribution in [2.24, 2.45) is 0 Å². The Morgan fingerprint density at radius 3 is 2.76 bits per heavy atom. The standard InChI is InChI=1S/C15H14FN3O2/c16-12-4-2-1-3-11(12)14-13(17-8-21-14)15(20)19-6-9-5-10(7-19)18-9/h1-4,8-10,18H,5-7H2. The smallest absolute Gasteiger partial charge is 0.276 e. The van der Waals surface area contributed by atoms with E-state index < -0.39 is 5.82 Å². The molecule has 1 aromatic carbocycles. The highest BCUT2D eigenvalue weighted by atomic mass is 19.1. The van der Waals surface area contributed by atoms with Crippen LogP contribution in [0.3, 0.4) is 0 Å². The molecule has 0 aliphatic carbocycles. The molecular formula is C15H14FN3O2. The molecule has 2 atom stereocenters. The number of amides is 1. The van der Waals surface area contributed by atoms with Gasteiger partial charge in [0.15, 0.2) is 17.8 Å². The van der Waals surface area contributed by atoms with Crippen LogP contribution in [-0.2, 0) is 0 Å². The first-order valence-electron chi connectivity index (χ1n) is 6.96. The molecule has 2 unspecified atom stereocenters. The van der Waals surface area contributed by atoms with Gasteiger partial charge in [0.1, 0.15) is 5.82 Å². The van der Waals surface area contributed by atoms with Crippen LogP contribution in [0.4, 0.5) is 4.39 Å². The fourth-order valence-corrected chi connectivity index (χ4v) is 3.06. The molecule has 5 nitrogen and oxygen atoms in total. The van der Waals surface area contributed by atoms with Crippen molar-refractivity contribution < 1.29 is 13.6 Å². The Balaban J connectivity index is 1.66. The van der Waals surface area contributed by atoms with E-state index in [1.165, 1.54) is 12.5 Å². The van der Waals surface area contributed by atoms with Crippen LogP contribution in [0, 0.1) is 5.82 Å². The van der Waals surface area contributed by atoms with Crippen molar-refractivity contribution in [1.82, 2.24) is 15.2 Å². The second-order valence-corrected chi connectivity index (χ2v) is 5.52. The largest absolute Gasteiger partial charge is 0.443 e. The third kappa shape index (κ3) is 2.03. The number of carbonyl (C=O) groups excluding carboxylic acids is 1. The van der Waals surface area contributed by atoms with Gasteiger partial charge >= 0.3 is 0 Å². The fourth-order valence-electron chi connectivity index (χ4n) is 3.06. The predicted molar refractivity (Wildman–Crippen MR) is 73.1 cm³/mol. The monoisotopic (exact) mass is 287 g/mol. The number of hydrogen-bond acceptors (Lipinski definition) is 4. The number of carbonyl (C=O) groups is 1. The Hall–Kier alpha value is -2.21. The number of piperidine rings is 1. The summed E-state index contributed by atoms with van der Waals surface area (Å²) in [6.07, 6.45) is 2.31. The molecule has 5 rings (SSSR count). The second kappa shape index (κ2) is 4.66. The summed E-state index contributed by atoms with van der Waals surface area (Å²) in [6.45, 7) is 1.33. The number of benzene rings is 1. The van der Waals surface area contributed by atoms with Crippen LogP contribution >= 0.6 is 0 Å². The molecule has 0 spiro atoms. The number of aromatic nitrogens is 1. The molecule has 2 bridgehead atoms. The third-order valence-corrected chi connectivity index (χ3v) is 4.10. The number of oxazole rings is 1. The minimum absolute atomic E-state index is 0.182. The normalized spacial score (nSPS) is 23.8. The van der Waals surface area contributed by atoms with Gasteiger partial charge < -0.3 is 14.6 Å². The van der Waals surface area contributed by atoms with Crippen LogP contribution in [0.5, 0.6) is 0 Å². The molecular weight excluding hydrogens is 273 g/mol. The molecule has 3 fully saturated rings. The molecule has 21 heavy (non-hydrogen) atoms. The topological polar surface area (TPSA) is 58.4 Å². The van der Waals surface area contributed by atoms with Crippen LogP contribution in [0.2, 0.25) is 0 Å². The summed E-state index contributed by atoms with van der Waals surface area (Å²) in [6, 6.07) is 6.97. The highest BCUT2D eigenvalue weighted by Gasteiger charge is 2.39. The first-order chi connectivity index (χ1) is 10.2. The number of hydrogen-bond donors (Lipinski definition) is 1. The number of fused-ring (bicyclic) bond motifs is 2. The van der Waals surface area contributed by atoms with E-state index in [2.05, 4.69) is 10.3 Å². The Morgan fingerprint density at radius 2 is 2.05 bits per heavy atom. The zero-order chi connectivity index (χ0) is 14.4. The number of nitrogens with zero attached hydrogens (tertiary/aromatic N) is 2. The Bertz CT molecular complexity index is 684. The van der Waals surface area contributed by atoms with Gasteiger partial charge in [-0.25, -0.2) is 9.37 Å². The van der Waals surface area contributed by atoms with E-state index in [4.69, 9.17) is 4.42 Å². The Kier molecular flexibility index (Phi) is 2.78. The summed E-state index contributed by atoms with van der Waals surface area (Å²) in [5, 5.41) is 3.37. The average Bonchev–Trinajstić information content (AvgIpc) is 2.95. The molecule has 108 valence electrons. The first-order valence-corrected chi connectivity index (χ1v) is 6.96. The predicted octanol–water partition coefficient (Wildman–Crippen LogP) is 1.67. The van der Waals surface area contributed by atoms with Gasteiger partial charge in [-0.2, -0.15) is 0 Å². The van der Waals surface area contributed by atoms with Crippen molar-refractivity contribution in [3.63, 3.8) is 0 Å². The van der Waals surface area contributed by atoms with Gasteiger partial charge in [-0.05, 0) is 18.6 Å². The highest BCUT2D eigenvalue weighted by molar-refractivity contribution is 5.97. The van der Waals surface area contributed by atoms with Crippen molar-refractivity contribution in [1.29, 1.82) is 0 Å². The van der Waals surface area contributed by atoms with Gasteiger partial charge in [0.2, 0.25) is 0 Å². The van der Waals surface area contributed by atoms with E-state index in [-0.39, 0.29) is 22.9 Å². The van der Waals surface area contributed by atoms with Gasteiger partial charge in [-0.15, -0.1) is 0 Å². The number of rotatable bonds is 2. The second-order valence-electron chi connectivity index (χ2n) is 5.52. The van der Waals surface area contributed by atoms with Gasteiger partial charge in [0.05, 0.1) is 5.56 Å². The third-order valence-electron chi connectivity index (χ3n) is 4.10. The van der Waals surface area contributed by atoms with Crippen LogP contribution in [-0.4, -0.2) is 41.0 Å². The van der Waals surface area contributed by atoms with Gasteiger partial charge in [-0.1, -0.05) is 12.1 Å². The number of nitrogens with one attached hydrogen (secondary N) is 1. The van der Waals surface area contributed by atoms with E-state index in [0.29, 0.717) is 25.2 Å². The lowest BCUT2D eigenvalue weighted by Gasteiger charge is -2.48. The summed E-state index contributed by atoms with van der Waals surface area (Å²) in [4.78, 5) is 18.4. The summed E-state index contributed by atoms with van der Waals surface area (Å²) in [5.41, 5.74) is 0.444. The molecule has 3 aliphatic rings. The van der Waals surface area contributed by atoms with Crippen molar-refractivity contribution in [3.8, 4) is 11.3 Å². The maximum atomic E-state index is 13.9. The lowest BCUT2D eigenvalue weighted by Crippen LogP contribution is -2.67. The Labute approximate surface area is 120 Å². The molecule has 3 saturated heterocycles. The van der Waals surface area contributed by atoms with Crippen molar-refractivity contribution in [3.05, 3.63) is 42.2 Å². The molecule has 1 aromatic heterocycles. The molecule has 1 N–H and O–H groups in total. The molecule has 0 radical (unpaired) electrons. The molecule has 4 heterocycles. The minimum atomic E-state index is -0.425.